The fraction of sp³-hybridized carbons (Fsp3) is 0.615. The Morgan fingerprint density at radius 3 is 2.59 bits per heavy atom. The number of aromatic nitrogens is 2. The first-order chi connectivity index (χ1) is 10.4. The van der Waals surface area contributed by atoms with Crippen LogP contribution in [0, 0.1) is 5.92 Å². The zero-order valence-electron chi connectivity index (χ0n) is 12.8. The van der Waals surface area contributed by atoms with Gasteiger partial charge in [0.15, 0.2) is 0 Å². The number of rotatable bonds is 4. The maximum atomic E-state index is 12.0. The van der Waals surface area contributed by atoms with Gasteiger partial charge < -0.3 is 5.32 Å². The summed E-state index contributed by atoms with van der Waals surface area (Å²) in [6.45, 7) is 2.24. The Hall–Kier alpha value is -1.58. The lowest BCUT2D eigenvalue weighted by Gasteiger charge is -2.22. The summed E-state index contributed by atoms with van der Waals surface area (Å²) in [4.78, 5) is 22.0. The van der Waals surface area contributed by atoms with Crippen molar-refractivity contribution in [3.8, 4) is 0 Å². The predicted molar refractivity (Wildman–Crippen MR) is 81.3 cm³/mol. The van der Waals surface area contributed by atoms with Crippen LogP contribution in [-0.2, 0) is 21.4 Å². The quantitative estimate of drug-likeness (QED) is 0.755. The van der Waals surface area contributed by atoms with Gasteiger partial charge in [0.05, 0.1) is 12.2 Å². The van der Waals surface area contributed by atoms with Crippen molar-refractivity contribution >= 4 is 15.9 Å². The summed E-state index contributed by atoms with van der Waals surface area (Å²) in [7, 11) is -1.76. The fourth-order valence-electron chi connectivity index (χ4n) is 2.54. The molecule has 0 aliphatic carbocycles. The molecular formula is C13H21N5O3S. The van der Waals surface area contributed by atoms with Crippen LogP contribution in [0.2, 0.25) is 0 Å². The molecule has 8 nitrogen and oxygen atoms in total. The van der Waals surface area contributed by atoms with E-state index >= 15 is 0 Å². The topological polar surface area (TPSA) is 95.5 Å². The van der Waals surface area contributed by atoms with Crippen LogP contribution in [-0.4, -0.2) is 73.0 Å². The van der Waals surface area contributed by atoms with Gasteiger partial charge in [0.2, 0.25) is 15.9 Å². The molecule has 1 aromatic rings. The Kier molecular flexibility index (Phi) is 5.43. The lowest BCUT2D eigenvalue weighted by molar-refractivity contribution is -0.125. The third kappa shape index (κ3) is 4.46. The molecule has 1 saturated heterocycles. The molecule has 1 aliphatic heterocycles. The second-order valence-electron chi connectivity index (χ2n) is 5.41. The molecule has 0 aromatic carbocycles. The smallest absolute Gasteiger partial charge is 0.225 e. The van der Waals surface area contributed by atoms with Gasteiger partial charge in [-0.05, 0) is 0 Å². The predicted octanol–water partition coefficient (Wildman–Crippen LogP) is -1.08. The van der Waals surface area contributed by atoms with E-state index in [4.69, 9.17) is 0 Å². The minimum atomic E-state index is -3.32. The number of nitrogens with zero attached hydrogens (tertiary/aromatic N) is 4. The van der Waals surface area contributed by atoms with Crippen molar-refractivity contribution in [2.24, 2.45) is 5.92 Å². The van der Waals surface area contributed by atoms with Gasteiger partial charge in [-0.3, -0.25) is 9.69 Å². The number of nitrogens with one attached hydrogen (secondary N) is 1. The first kappa shape index (κ1) is 16.8. The Morgan fingerprint density at radius 2 is 2.00 bits per heavy atom. The maximum absolute atomic E-state index is 12.0. The highest BCUT2D eigenvalue weighted by Gasteiger charge is 2.31. The van der Waals surface area contributed by atoms with Crippen LogP contribution < -0.4 is 5.32 Å². The van der Waals surface area contributed by atoms with E-state index < -0.39 is 15.9 Å². The molecule has 0 bridgehead atoms. The third-order valence-corrected chi connectivity index (χ3v) is 4.94. The normalized spacial score (nSPS) is 21.3. The van der Waals surface area contributed by atoms with E-state index in [1.165, 1.54) is 16.9 Å². The number of amides is 1. The highest BCUT2D eigenvalue weighted by Crippen LogP contribution is 2.15. The minimum absolute atomic E-state index is 0.148. The second-order valence-corrected chi connectivity index (χ2v) is 7.40. The van der Waals surface area contributed by atoms with Crippen LogP contribution in [0.1, 0.15) is 5.56 Å². The molecule has 122 valence electrons. The van der Waals surface area contributed by atoms with Gasteiger partial charge in [-0.1, -0.05) is 0 Å². The van der Waals surface area contributed by atoms with Crippen molar-refractivity contribution in [3.05, 3.63) is 24.3 Å². The molecule has 1 aromatic heterocycles. The molecule has 1 N–H and O–H groups in total. The van der Waals surface area contributed by atoms with E-state index in [1.807, 2.05) is 0 Å². The summed E-state index contributed by atoms with van der Waals surface area (Å²) in [6, 6.07) is 0. The van der Waals surface area contributed by atoms with Crippen LogP contribution in [0.25, 0.3) is 0 Å². The standard InChI is InChI=1S/C13H21N5O3S/c1-14-13(19)12-8-17(7-11-5-15-10-16-6-11)3-4-18(9-12)22(2,20)21/h5-6,10,12H,3-4,7-9H2,1-2H3,(H,14,19)/t12-/m1/s1. The fourth-order valence-corrected chi connectivity index (χ4v) is 3.40. The van der Waals surface area contributed by atoms with Crippen molar-refractivity contribution < 1.29 is 13.2 Å². The van der Waals surface area contributed by atoms with E-state index in [0.29, 0.717) is 26.2 Å². The van der Waals surface area contributed by atoms with E-state index in [0.717, 1.165) is 5.56 Å². The second kappa shape index (κ2) is 7.12. The molecular weight excluding hydrogens is 306 g/mol. The lowest BCUT2D eigenvalue weighted by atomic mass is 10.1. The average Bonchev–Trinajstić information content (AvgIpc) is 2.70. The highest BCUT2D eigenvalue weighted by atomic mass is 32.2. The first-order valence-corrected chi connectivity index (χ1v) is 8.88. The summed E-state index contributed by atoms with van der Waals surface area (Å²) in [5.41, 5.74) is 0.936. The van der Waals surface area contributed by atoms with Gasteiger partial charge in [-0.25, -0.2) is 22.7 Å². The van der Waals surface area contributed by atoms with Crippen molar-refractivity contribution in [1.82, 2.24) is 24.5 Å². The third-order valence-electron chi connectivity index (χ3n) is 3.67. The molecule has 0 spiro atoms. The molecule has 1 aliphatic rings. The minimum Gasteiger partial charge on any atom is -0.359 e. The molecule has 1 atom stereocenters. The molecule has 0 radical (unpaired) electrons. The molecule has 1 amide bonds. The Balaban J connectivity index is 2.14. The van der Waals surface area contributed by atoms with Crippen LogP contribution in [0.5, 0.6) is 0 Å². The van der Waals surface area contributed by atoms with Gasteiger partial charge in [0.25, 0.3) is 0 Å². The largest absolute Gasteiger partial charge is 0.359 e. The number of carbonyl (C=O) groups excluding carboxylic acids is 1. The Morgan fingerprint density at radius 1 is 1.32 bits per heavy atom. The van der Waals surface area contributed by atoms with Crippen LogP contribution in [0.15, 0.2) is 18.7 Å². The van der Waals surface area contributed by atoms with E-state index in [-0.39, 0.29) is 12.5 Å². The van der Waals surface area contributed by atoms with Gasteiger partial charge in [-0.15, -0.1) is 0 Å². The van der Waals surface area contributed by atoms with Gasteiger partial charge in [-0.2, -0.15) is 0 Å². The zero-order chi connectivity index (χ0) is 16.2. The molecule has 2 heterocycles. The zero-order valence-corrected chi connectivity index (χ0v) is 13.6. The molecule has 0 saturated carbocycles. The Labute approximate surface area is 130 Å². The Bertz CT molecular complexity index is 607. The van der Waals surface area contributed by atoms with E-state index in [1.54, 1.807) is 19.4 Å². The molecule has 0 unspecified atom stereocenters. The monoisotopic (exact) mass is 327 g/mol. The molecule has 1 fully saturated rings. The summed E-state index contributed by atoms with van der Waals surface area (Å²) in [5.74, 6) is -0.545. The van der Waals surface area contributed by atoms with Crippen molar-refractivity contribution in [2.75, 3.05) is 39.5 Å². The average molecular weight is 327 g/mol. The van der Waals surface area contributed by atoms with Crippen molar-refractivity contribution in [1.29, 1.82) is 0 Å². The van der Waals surface area contributed by atoms with E-state index in [9.17, 15) is 13.2 Å². The van der Waals surface area contributed by atoms with Crippen LogP contribution in [0.4, 0.5) is 0 Å². The van der Waals surface area contributed by atoms with Gasteiger partial charge >= 0.3 is 0 Å². The summed E-state index contributed by atoms with van der Waals surface area (Å²) in [5, 5.41) is 2.61. The van der Waals surface area contributed by atoms with Crippen molar-refractivity contribution in [3.63, 3.8) is 0 Å². The lowest BCUT2D eigenvalue weighted by Crippen LogP contribution is -2.41. The first-order valence-electron chi connectivity index (χ1n) is 7.03. The number of hydrogen-bond acceptors (Lipinski definition) is 6. The molecule has 9 heteroatoms. The summed E-state index contributed by atoms with van der Waals surface area (Å²) in [6.07, 6.45) is 6.08. The van der Waals surface area contributed by atoms with Crippen molar-refractivity contribution in [2.45, 2.75) is 6.54 Å². The molecule has 22 heavy (non-hydrogen) atoms. The summed E-state index contributed by atoms with van der Waals surface area (Å²) >= 11 is 0. The number of sulfonamides is 1. The number of carbonyl (C=O) groups is 1. The summed E-state index contributed by atoms with van der Waals surface area (Å²) < 4.78 is 25.0. The highest BCUT2D eigenvalue weighted by molar-refractivity contribution is 7.88. The maximum Gasteiger partial charge on any atom is 0.225 e. The SMILES string of the molecule is CNC(=O)[C@@H]1CN(Cc2cncnc2)CCN(S(C)(=O)=O)C1. The van der Waals surface area contributed by atoms with Crippen LogP contribution >= 0.6 is 0 Å². The van der Waals surface area contributed by atoms with Gasteiger partial charge in [0.1, 0.15) is 6.33 Å². The number of hydrogen-bond donors (Lipinski definition) is 1. The molecule has 2 rings (SSSR count). The van der Waals surface area contributed by atoms with Crippen LogP contribution in [0.3, 0.4) is 0 Å². The van der Waals surface area contributed by atoms with Gasteiger partial charge in [0, 0.05) is 57.7 Å². The van der Waals surface area contributed by atoms with E-state index in [2.05, 4.69) is 20.2 Å².